The summed E-state index contributed by atoms with van der Waals surface area (Å²) in [6.45, 7) is 0. The van der Waals surface area contributed by atoms with Crippen molar-refractivity contribution in [3.63, 3.8) is 0 Å². The van der Waals surface area contributed by atoms with Crippen molar-refractivity contribution in [3.8, 4) is 22.8 Å². The number of fused-ring (bicyclic) bond motifs is 3. The maximum Gasteiger partial charge on any atom is 0.143 e. The van der Waals surface area contributed by atoms with Gasteiger partial charge in [0.25, 0.3) is 0 Å². The van der Waals surface area contributed by atoms with Crippen molar-refractivity contribution in [2.45, 2.75) is 0 Å². The van der Waals surface area contributed by atoms with E-state index in [0.29, 0.717) is 0 Å². The predicted molar refractivity (Wildman–Crippen MR) is 148 cm³/mol. The summed E-state index contributed by atoms with van der Waals surface area (Å²) in [6, 6.07) is 36.9. The fraction of sp³-hybridized carbons (Fsp3) is 0.0645. The molecule has 3 heterocycles. The molecule has 174 valence electrons. The van der Waals surface area contributed by atoms with Gasteiger partial charge in [-0.05, 0) is 36.4 Å². The van der Waals surface area contributed by atoms with E-state index in [-0.39, 0.29) is 0 Å². The zero-order valence-corrected chi connectivity index (χ0v) is 20.2. The number of para-hydroxylation sites is 5. The largest absolute Gasteiger partial charge is 0.327 e. The number of aryl methyl sites for hydroxylation is 2. The Balaban J connectivity index is 0.000000137. The zero-order chi connectivity index (χ0) is 24.5. The van der Waals surface area contributed by atoms with Gasteiger partial charge in [0.05, 0.1) is 27.6 Å². The van der Waals surface area contributed by atoms with Crippen molar-refractivity contribution in [2.24, 2.45) is 14.1 Å². The molecule has 0 bridgehead atoms. The van der Waals surface area contributed by atoms with E-state index in [0.717, 1.165) is 50.2 Å². The van der Waals surface area contributed by atoms with Crippen LogP contribution in [0.25, 0.3) is 55.7 Å². The molecule has 0 radical (unpaired) electrons. The van der Waals surface area contributed by atoms with Crippen LogP contribution in [0.15, 0.2) is 115 Å². The summed E-state index contributed by atoms with van der Waals surface area (Å²) in [5.74, 6) is 1.97. The molecule has 3 aromatic heterocycles. The van der Waals surface area contributed by atoms with E-state index in [9.17, 15) is 0 Å². The van der Waals surface area contributed by atoms with Crippen LogP contribution in [0.5, 0.6) is 0 Å². The van der Waals surface area contributed by atoms with Gasteiger partial charge in [-0.15, -0.1) is 0 Å². The van der Waals surface area contributed by atoms with Crippen LogP contribution in [0, 0.1) is 0 Å². The molecule has 0 aliphatic rings. The van der Waals surface area contributed by atoms with Gasteiger partial charge in [-0.1, -0.05) is 72.8 Å². The first-order valence-electron chi connectivity index (χ1n) is 11.9. The van der Waals surface area contributed by atoms with E-state index in [1.165, 1.54) is 5.52 Å². The summed E-state index contributed by atoms with van der Waals surface area (Å²) in [5, 5.41) is 1.14. The first kappa shape index (κ1) is 21.7. The molecule has 0 saturated heterocycles. The average Bonchev–Trinajstić information content (AvgIpc) is 3.46. The number of benzene rings is 4. The molecule has 36 heavy (non-hydrogen) atoms. The van der Waals surface area contributed by atoms with Crippen molar-refractivity contribution in [1.82, 2.24) is 24.1 Å². The highest BCUT2D eigenvalue weighted by Gasteiger charge is 2.12. The quantitative estimate of drug-likeness (QED) is 0.274. The van der Waals surface area contributed by atoms with E-state index in [4.69, 9.17) is 4.98 Å². The number of pyridine rings is 1. The lowest BCUT2D eigenvalue weighted by molar-refractivity contribution is 0.959. The van der Waals surface area contributed by atoms with Crippen LogP contribution in [0.1, 0.15) is 0 Å². The lowest BCUT2D eigenvalue weighted by Crippen LogP contribution is -1.94. The van der Waals surface area contributed by atoms with Crippen LogP contribution < -0.4 is 0 Å². The summed E-state index contributed by atoms with van der Waals surface area (Å²) >= 11 is 0. The molecule has 7 aromatic rings. The summed E-state index contributed by atoms with van der Waals surface area (Å²) in [6.07, 6.45) is 1.83. The molecule has 0 unspecified atom stereocenters. The van der Waals surface area contributed by atoms with E-state index in [2.05, 4.69) is 74.7 Å². The molecule has 0 saturated carbocycles. The number of imidazole rings is 2. The minimum absolute atomic E-state index is 0.954. The molecule has 0 N–H and O–H groups in total. The molecule has 0 aliphatic carbocycles. The van der Waals surface area contributed by atoms with Gasteiger partial charge < -0.3 is 9.13 Å². The normalized spacial score (nSPS) is 11.1. The SMILES string of the molecule is Cn1c(-c2cccc3cccnc23)nc2ccccc21.Cn1c(-c2ccccc2)nc2ccccc21. The molecule has 0 spiro atoms. The second-order valence-corrected chi connectivity index (χ2v) is 8.71. The maximum absolute atomic E-state index is 4.76. The molecule has 5 heteroatoms. The van der Waals surface area contributed by atoms with Gasteiger partial charge in [0.2, 0.25) is 0 Å². The van der Waals surface area contributed by atoms with Crippen molar-refractivity contribution in [1.29, 1.82) is 0 Å². The number of aromatic nitrogens is 5. The van der Waals surface area contributed by atoms with Crippen molar-refractivity contribution >= 4 is 33.0 Å². The second-order valence-electron chi connectivity index (χ2n) is 8.71. The molecule has 0 fully saturated rings. The van der Waals surface area contributed by atoms with Crippen LogP contribution in [0.2, 0.25) is 0 Å². The van der Waals surface area contributed by atoms with E-state index < -0.39 is 0 Å². The van der Waals surface area contributed by atoms with Crippen molar-refractivity contribution < 1.29 is 0 Å². The number of rotatable bonds is 2. The second kappa shape index (κ2) is 9.12. The third kappa shape index (κ3) is 3.81. The highest BCUT2D eigenvalue weighted by Crippen LogP contribution is 2.28. The Morgan fingerprint density at radius 1 is 0.528 bits per heavy atom. The molecule has 4 aromatic carbocycles. The highest BCUT2D eigenvalue weighted by atomic mass is 15.1. The standard InChI is InChI=1S/C17H13N3.C14H12N2/c1-20-15-10-3-2-9-14(15)19-17(20)13-8-4-6-12-7-5-11-18-16(12)13;1-16-13-10-6-5-9-12(13)15-14(16)11-7-3-2-4-8-11/h2-11H,1H3;2-10H,1H3. The van der Waals surface area contributed by atoms with Crippen LogP contribution in [0.4, 0.5) is 0 Å². The number of hydrogen-bond donors (Lipinski definition) is 0. The number of hydrogen-bond acceptors (Lipinski definition) is 3. The van der Waals surface area contributed by atoms with Gasteiger partial charge in [0, 0.05) is 36.8 Å². The number of nitrogens with zero attached hydrogens (tertiary/aromatic N) is 5. The van der Waals surface area contributed by atoms with Gasteiger partial charge in [0.1, 0.15) is 11.6 Å². The average molecular weight is 468 g/mol. The molecule has 0 atom stereocenters. The van der Waals surface area contributed by atoms with E-state index in [1.54, 1.807) is 0 Å². The van der Waals surface area contributed by atoms with Gasteiger partial charge in [-0.2, -0.15) is 0 Å². The fourth-order valence-electron chi connectivity index (χ4n) is 4.66. The van der Waals surface area contributed by atoms with Crippen LogP contribution in [0.3, 0.4) is 0 Å². The Morgan fingerprint density at radius 3 is 1.81 bits per heavy atom. The Kier molecular flexibility index (Phi) is 5.51. The molecule has 0 amide bonds. The Hall–Kier alpha value is -4.77. The van der Waals surface area contributed by atoms with Gasteiger partial charge in [-0.3, -0.25) is 4.98 Å². The fourth-order valence-corrected chi connectivity index (χ4v) is 4.66. The third-order valence-electron chi connectivity index (χ3n) is 6.48. The van der Waals surface area contributed by atoms with Crippen LogP contribution in [-0.2, 0) is 14.1 Å². The van der Waals surface area contributed by atoms with Crippen molar-refractivity contribution in [2.75, 3.05) is 0 Å². The van der Waals surface area contributed by atoms with Crippen LogP contribution in [-0.4, -0.2) is 24.1 Å². The topological polar surface area (TPSA) is 48.5 Å². The summed E-state index contributed by atoms with van der Waals surface area (Å²) in [5.41, 5.74) is 7.58. The minimum atomic E-state index is 0.954. The molecule has 7 rings (SSSR count). The molecular weight excluding hydrogens is 442 g/mol. The lowest BCUT2D eigenvalue weighted by atomic mass is 10.1. The Morgan fingerprint density at radius 2 is 1.11 bits per heavy atom. The van der Waals surface area contributed by atoms with E-state index >= 15 is 0 Å². The van der Waals surface area contributed by atoms with Gasteiger partial charge in [-0.25, -0.2) is 9.97 Å². The van der Waals surface area contributed by atoms with Crippen LogP contribution >= 0.6 is 0 Å². The lowest BCUT2D eigenvalue weighted by Gasteiger charge is -2.05. The minimum Gasteiger partial charge on any atom is -0.327 e. The first-order chi connectivity index (χ1) is 17.7. The Labute approximate surface area is 209 Å². The van der Waals surface area contributed by atoms with E-state index in [1.807, 2.05) is 73.9 Å². The van der Waals surface area contributed by atoms with Gasteiger partial charge >= 0.3 is 0 Å². The smallest absolute Gasteiger partial charge is 0.143 e. The Bertz CT molecular complexity index is 1810. The molecule has 0 aliphatic heterocycles. The summed E-state index contributed by atoms with van der Waals surface area (Å²) in [4.78, 5) is 13.9. The first-order valence-corrected chi connectivity index (χ1v) is 11.9. The highest BCUT2D eigenvalue weighted by molar-refractivity contribution is 5.94. The monoisotopic (exact) mass is 467 g/mol. The zero-order valence-electron chi connectivity index (χ0n) is 20.2. The summed E-state index contributed by atoms with van der Waals surface area (Å²) in [7, 11) is 4.10. The summed E-state index contributed by atoms with van der Waals surface area (Å²) < 4.78 is 4.25. The predicted octanol–water partition coefficient (Wildman–Crippen LogP) is 7.03. The maximum atomic E-state index is 4.76. The molecular formula is C31H25N5. The van der Waals surface area contributed by atoms with Crippen molar-refractivity contribution in [3.05, 3.63) is 115 Å². The third-order valence-corrected chi connectivity index (χ3v) is 6.48. The molecule has 5 nitrogen and oxygen atoms in total. The van der Waals surface area contributed by atoms with Gasteiger partial charge in [0.15, 0.2) is 0 Å².